The lowest BCUT2D eigenvalue weighted by Gasteiger charge is -2.39. The molecular formula is C15H17ClO8. The zero-order chi connectivity index (χ0) is 17.9. The molecule has 1 aromatic rings. The van der Waals surface area contributed by atoms with Crippen molar-refractivity contribution < 1.29 is 39.8 Å². The van der Waals surface area contributed by atoms with E-state index in [1.807, 2.05) is 0 Å². The first-order chi connectivity index (χ1) is 11.3. The summed E-state index contributed by atoms with van der Waals surface area (Å²) >= 11 is 5.95. The van der Waals surface area contributed by atoms with Gasteiger partial charge in [-0.25, -0.2) is 4.79 Å². The van der Waals surface area contributed by atoms with E-state index in [-0.39, 0.29) is 5.02 Å². The number of rotatable bonds is 5. The Kier molecular flexibility index (Phi) is 6.16. The highest BCUT2D eigenvalue weighted by atomic mass is 35.5. The van der Waals surface area contributed by atoms with Crippen molar-refractivity contribution in [3.05, 3.63) is 40.6 Å². The summed E-state index contributed by atoms with van der Waals surface area (Å²) in [4.78, 5) is 11.4. The molecule has 8 nitrogen and oxygen atoms in total. The minimum Gasteiger partial charge on any atom is -0.475 e. The second-order valence-corrected chi connectivity index (χ2v) is 5.56. The van der Waals surface area contributed by atoms with Crippen LogP contribution in [0.2, 0.25) is 5.02 Å². The molecule has 1 aliphatic heterocycles. The normalized spacial score (nSPS) is 30.9. The molecule has 132 valence electrons. The third kappa shape index (κ3) is 4.04. The number of aliphatic carboxylic acids is 1. The zero-order valence-electron chi connectivity index (χ0n) is 12.3. The molecule has 0 aromatic heterocycles. The quantitative estimate of drug-likeness (QED) is 0.353. The average Bonchev–Trinajstić information content (AvgIpc) is 2.56. The molecule has 0 spiro atoms. The van der Waals surface area contributed by atoms with Crippen molar-refractivity contribution in [2.75, 3.05) is 6.61 Å². The SMILES string of the molecule is O=C(O)C(=Cc1ccccc1Cl)O[C@H]1O[C@@H](CO)[C@H](O)[C@@H](O)[C@@H]1O. The van der Waals surface area contributed by atoms with Crippen molar-refractivity contribution in [2.24, 2.45) is 0 Å². The number of aliphatic hydroxyl groups excluding tert-OH is 4. The van der Waals surface area contributed by atoms with Gasteiger partial charge in [0.15, 0.2) is 0 Å². The maximum Gasteiger partial charge on any atom is 0.371 e. The monoisotopic (exact) mass is 360 g/mol. The van der Waals surface area contributed by atoms with Gasteiger partial charge in [-0.2, -0.15) is 0 Å². The van der Waals surface area contributed by atoms with Crippen LogP contribution in [0.1, 0.15) is 5.56 Å². The van der Waals surface area contributed by atoms with Crippen LogP contribution in [0.5, 0.6) is 0 Å². The van der Waals surface area contributed by atoms with Gasteiger partial charge >= 0.3 is 5.97 Å². The van der Waals surface area contributed by atoms with Crippen molar-refractivity contribution in [1.29, 1.82) is 0 Å². The van der Waals surface area contributed by atoms with E-state index in [1.54, 1.807) is 24.3 Å². The summed E-state index contributed by atoms with van der Waals surface area (Å²) in [5, 5.41) is 47.9. The maximum atomic E-state index is 11.4. The Balaban J connectivity index is 2.24. The largest absolute Gasteiger partial charge is 0.475 e. The molecule has 5 atom stereocenters. The van der Waals surface area contributed by atoms with Crippen molar-refractivity contribution >= 4 is 23.6 Å². The number of carboxylic acid groups (broad SMARTS) is 1. The Morgan fingerprint density at radius 2 is 1.88 bits per heavy atom. The fraction of sp³-hybridized carbons (Fsp3) is 0.400. The fourth-order valence-corrected chi connectivity index (χ4v) is 2.36. The van der Waals surface area contributed by atoms with Crippen LogP contribution in [0.4, 0.5) is 0 Å². The highest BCUT2D eigenvalue weighted by Crippen LogP contribution is 2.25. The van der Waals surface area contributed by atoms with Gasteiger partial charge in [0.25, 0.3) is 0 Å². The van der Waals surface area contributed by atoms with Gasteiger partial charge in [-0.1, -0.05) is 29.8 Å². The van der Waals surface area contributed by atoms with Crippen molar-refractivity contribution in [1.82, 2.24) is 0 Å². The summed E-state index contributed by atoms with van der Waals surface area (Å²) < 4.78 is 10.2. The van der Waals surface area contributed by atoms with Crippen LogP contribution in [0.25, 0.3) is 6.08 Å². The lowest BCUT2D eigenvalue weighted by Crippen LogP contribution is -2.59. The van der Waals surface area contributed by atoms with Crippen LogP contribution < -0.4 is 0 Å². The lowest BCUT2D eigenvalue weighted by molar-refractivity contribution is -0.291. The molecule has 1 heterocycles. The Morgan fingerprint density at radius 3 is 2.46 bits per heavy atom. The molecule has 0 bridgehead atoms. The molecule has 0 saturated carbocycles. The molecule has 1 aliphatic rings. The molecule has 0 aliphatic carbocycles. The fourth-order valence-electron chi connectivity index (χ4n) is 2.17. The van der Waals surface area contributed by atoms with Gasteiger partial charge in [-0.05, 0) is 17.7 Å². The Morgan fingerprint density at radius 1 is 1.21 bits per heavy atom. The molecule has 1 saturated heterocycles. The van der Waals surface area contributed by atoms with E-state index in [0.29, 0.717) is 5.56 Å². The summed E-state index contributed by atoms with van der Waals surface area (Å²) in [6, 6.07) is 6.42. The minimum absolute atomic E-state index is 0.286. The predicted molar refractivity (Wildman–Crippen MR) is 81.9 cm³/mol. The minimum atomic E-state index is -1.71. The third-order valence-corrected chi connectivity index (χ3v) is 3.84. The van der Waals surface area contributed by atoms with Gasteiger partial charge in [0.2, 0.25) is 12.0 Å². The van der Waals surface area contributed by atoms with Crippen LogP contribution in [0.3, 0.4) is 0 Å². The van der Waals surface area contributed by atoms with E-state index in [9.17, 15) is 25.2 Å². The molecular weight excluding hydrogens is 344 g/mol. The number of halogens is 1. The first-order valence-electron chi connectivity index (χ1n) is 7.02. The van der Waals surface area contributed by atoms with Crippen molar-refractivity contribution in [2.45, 2.75) is 30.7 Å². The van der Waals surface area contributed by atoms with Gasteiger partial charge in [-0.15, -0.1) is 0 Å². The van der Waals surface area contributed by atoms with Gasteiger partial charge in [0, 0.05) is 5.02 Å². The topological polar surface area (TPSA) is 137 Å². The summed E-state index contributed by atoms with van der Waals surface area (Å²) in [5.41, 5.74) is 0.362. The smallest absolute Gasteiger partial charge is 0.371 e. The van der Waals surface area contributed by atoms with Gasteiger partial charge in [0.1, 0.15) is 24.4 Å². The molecule has 5 N–H and O–H groups in total. The van der Waals surface area contributed by atoms with E-state index in [0.717, 1.165) is 6.08 Å². The molecule has 0 unspecified atom stereocenters. The molecule has 9 heteroatoms. The molecule has 1 aromatic carbocycles. The van der Waals surface area contributed by atoms with E-state index < -0.39 is 49.0 Å². The van der Waals surface area contributed by atoms with Crippen molar-refractivity contribution in [3.63, 3.8) is 0 Å². The predicted octanol–water partition coefficient (Wildman–Crippen LogP) is -0.418. The average molecular weight is 361 g/mol. The second-order valence-electron chi connectivity index (χ2n) is 5.15. The molecule has 24 heavy (non-hydrogen) atoms. The van der Waals surface area contributed by atoms with Crippen LogP contribution in [-0.4, -0.2) is 68.8 Å². The number of carbonyl (C=O) groups is 1. The summed E-state index contributed by atoms with van der Waals surface area (Å²) in [7, 11) is 0. The van der Waals surface area contributed by atoms with Crippen LogP contribution in [0.15, 0.2) is 30.0 Å². The van der Waals surface area contributed by atoms with Crippen LogP contribution in [-0.2, 0) is 14.3 Å². The van der Waals surface area contributed by atoms with Crippen LogP contribution in [0, 0.1) is 0 Å². The molecule has 1 fully saturated rings. The highest BCUT2D eigenvalue weighted by molar-refractivity contribution is 6.32. The molecule has 0 amide bonds. The maximum absolute atomic E-state index is 11.4. The molecule has 2 rings (SSSR count). The van der Waals surface area contributed by atoms with E-state index >= 15 is 0 Å². The van der Waals surface area contributed by atoms with E-state index in [4.69, 9.17) is 26.2 Å². The second kappa shape index (κ2) is 7.93. The number of carboxylic acids is 1. The van der Waals surface area contributed by atoms with Gasteiger partial charge < -0.3 is 35.0 Å². The number of aliphatic hydroxyl groups is 4. The first kappa shape index (κ1) is 18.7. The summed E-state index contributed by atoms with van der Waals surface area (Å²) in [6.45, 7) is -0.651. The Labute approximate surface area is 142 Å². The number of hydrogen-bond donors (Lipinski definition) is 5. The van der Waals surface area contributed by atoms with Crippen molar-refractivity contribution in [3.8, 4) is 0 Å². The first-order valence-corrected chi connectivity index (χ1v) is 7.39. The Hall–Kier alpha value is -1.68. The van der Waals surface area contributed by atoms with E-state index in [2.05, 4.69) is 0 Å². The summed E-state index contributed by atoms with van der Waals surface area (Å²) in [6.07, 6.45) is -6.61. The number of benzene rings is 1. The zero-order valence-corrected chi connectivity index (χ0v) is 13.1. The van der Waals surface area contributed by atoms with Gasteiger partial charge in [0.05, 0.1) is 6.61 Å². The highest BCUT2D eigenvalue weighted by Gasteiger charge is 2.45. The number of hydrogen-bond acceptors (Lipinski definition) is 7. The Bertz CT molecular complexity index is 617. The van der Waals surface area contributed by atoms with E-state index in [1.165, 1.54) is 0 Å². The summed E-state index contributed by atoms with van der Waals surface area (Å²) in [5.74, 6) is -2.04. The number of ether oxygens (including phenoxy) is 2. The van der Waals surface area contributed by atoms with Crippen LogP contribution >= 0.6 is 11.6 Å². The molecule has 0 radical (unpaired) electrons. The third-order valence-electron chi connectivity index (χ3n) is 3.49. The standard InChI is InChI=1S/C15H17ClO8/c16-8-4-2-1-3-7(8)5-9(14(21)22)23-15-13(20)12(19)11(18)10(6-17)24-15/h1-5,10-13,15,17-20H,6H2,(H,21,22)/t10-,11-,12+,13-,15-/m0/s1. The lowest BCUT2D eigenvalue weighted by atomic mass is 9.99. The van der Waals surface area contributed by atoms with Gasteiger partial charge in [-0.3, -0.25) is 0 Å².